The molecule has 4 aliphatic rings. The van der Waals surface area contributed by atoms with Crippen LogP contribution in [0.4, 0.5) is 0 Å². The van der Waals surface area contributed by atoms with Gasteiger partial charge in [0.15, 0.2) is 0 Å². The summed E-state index contributed by atoms with van der Waals surface area (Å²) in [6.45, 7) is 7.10. The average Bonchev–Trinajstić information content (AvgIpc) is 3.34. The van der Waals surface area contributed by atoms with Crippen LogP contribution < -0.4 is 0 Å². The van der Waals surface area contributed by atoms with Gasteiger partial charge in [0.1, 0.15) is 6.10 Å². The summed E-state index contributed by atoms with van der Waals surface area (Å²) in [6, 6.07) is 10.9. The van der Waals surface area contributed by atoms with E-state index in [2.05, 4.69) is 40.1 Å². The number of hydrogen-bond donors (Lipinski definition) is 0. The first-order chi connectivity index (χ1) is 13.7. The number of benzene rings is 1. The van der Waals surface area contributed by atoms with Crippen LogP contribution in [0.15, 0.2) is 30.3 Å². The highest BCUT2D eigenvalue weighted by molar-refractivity contribution is 5.79. The number of likely N-dealkylation sites (tertiary alicyclic amines) is 2. The smallest absolute Gasteiger partial charge is 0.312 e. The van der Waals surface area contributed by atoms with E-state index in [1.807, 2.05) is 0 Å². The van der Waals surface area contributed by atoms with Gasteiger partial charge in [-0.05, 0) is 36.7 Å². The van der Waals surface area contributed by atoms with Crippen molar-refractivity contribution in [3.8, 4) is 0 Å². The van der Waals surface area contributed by atoms with Gasteiger partial charge in [-0.25, -0.2) is 0 Å². The van der Waals surface area contributed by atoms with Crippen molar-refractivity contribution in [2.24, 2.45) is 17.3 Å². The second-order valence-corrected chi connectivity index (χ2v) is 9.82. The lowest BCUT2D eigenvalue weighted by Gasteiger charge is -2.28. The van der Waals surface area contributed by atoms with Gasteiger partial charge in [0.25, 0.3) is 0 Å². The van der Waals surface area contributed by atoms with Crippen molar-refractivity contribution in [3.05, 3.63) is 35.9 Å². The molecule has 1 aliphatic carbocycles. The summed E-state index contributed by atoms with van der Waals surface area (Å²) in [5.41, 5.74) is 1.32. The van der Waals surface area contributed by atoms with E-state index in [1.54, 1.807) is 0 Å². The number of nitrogens with zero attached hydrogens (tertiary/aromatic N) is 2. The third-order valence-electron chi connectivity index (χ3n) is 7.79. The number of cyclic esters (lactones) is 1. The Labute approximate surface area is 169 Å². The molecule has 1 aromatic rings. The summed E-state index contributed by atoms with van der Waals surface area (Å²) in [7, 11) is 0. The van der Waals surface area contributed by atoms with E-state index in [4.69, 9.17) is 4.74 Å². The van der Waals surface area contributed by atoms with Crippen molar-refractivity contribution in [1.82, 2.24) is 9.80 Å². The van der Waals surface area contributed by atoms with Crippen molar-refractivity contribution in [1.29, 1.82) is 0 Å². The highest BCUT2D eigenvalue weighted by Crippen LogP contribution is 2.46. The summed E-state index contributed by atoms with van der Waals surface area (Å²) in [4.78, 5) is 17.7. The molecule has 3 heterocycles. The van der Waals surface area contributed by atoms with Gasteiger partial charge in [-0.1, -0.05) is 49.6 Å². The Balaban J connectivity index is 1.07. The second-order valence-electron chi connectivity index (χ2n) is 9.82. The zero-order valence-corrected chi connectivity index (χ0v) is 17.0. The van der Waals surface area contributed by atoms with E-state index in [1.165, 1.54) is 51.0 Å². The Kier molecular flexibility index (Phi) is 5.18. The lowest BCUT2D eigenvalue weighted by Crippen LogP contribution is -2.31. The van der Waals surface area contributed by atoms with Gasteiger partial charge in [-0.2, -0.15) is 0 Å². The molecule has 3 aliphatic heterocycles. The van der Waals surface area contributed by atoms with E-state index in [0.717, 1.165) is 50.6 Å². The number of carbonyl (C=O) groups excluding carboxylic acids is 1. The lowest BCUT2D eigenvalue weighted by molar-refractivity contribution is -0.150. The molecule has 4 heteroatoms. The minimum absolute atomic E-state index is 0.109. The van der Waals surface area contributed by atoms with Crippen LogP contribution in [0.2, 0.25) is 0 Å². The maximum Gasteiger partial charge on any atom is 0.312 e. The Morgan fingerprint density at radius 2 is 1.61 bits per heavy atom. The fraction of sp³-hybridized carbons (Fsp3) is 0.708. The van der Waals surface area contributed by atoms with Crippen molar-refractivity contribution in [2.45, 2.75) is 57.6 Å². The van der Waals surface area contributed by atoms with E-state index in [0.29, 0.717) is 0 Å². The number of carbonyl (C=O) groups is 1. The van der Waals surface area contributed by atoms with Gasteiger partial charge in [0.05, 0.1) is 5.41 Å². The molecule has 1 aromatic carbocycles. The third-order valence-corrected chi connectivity index (χ3v) is 7.79. The van der Waals surface area contributed by atoms with Gasteiger partial charge in [-0.3, -0.25) is 9.69 Å². The summed E-state index contributed by atoms with van der Waals surface area (Å²) >= 11 is 0. The molecule has 28 heavy (non-hydrogen) atoms. The summed E-state index contributed by atoms with van der Waals surface area (Å²) in [6.07, 6.45) is 8.00. The molecular weight excluding hydrogens is 348 g/mol. The minimum atomic E-state index is -0.109. The predicted octanol–water partition coefficient (Wildman–Crippen LogP) is 3.71. The predicted molar refractivity (Wildman–Crippen MR) is 110 cm³/mol. The molecule has 0 amide bonds. The van der Waals surface area contributed by atoms with Gasteiger partial charge < -0.3 is 9.64 Å². The summed E-state index contributed by atoms with van der Waals surface area (Å²) in [5, 5.41) is 0. The zero-order chi connectivity index (χ0) is 19.0. The molecule has 3 saturated heterocycles. The molecule has 1 saturated carbocycles. The van der Waals surface area contributed by atoms with Gasteiger partial charge >= 0.3 is 5.97 Å². The molecule has 4 nitrogen and oxygen atoms in total. The molecule has 0 N–H and O–H groups in total. The summed E-state index contributed by atoms with van der Waals surface area (Å²) < 4.78 is 5.82. The van der Waals surface area contributed by atoms with Gasteiger partial charge in [0, 0.05) is 45.7 Å². The normalized spacial score (nSPS) is 32.7. The van der Waals surface area contributed by atoms with E-state index in [-0.39, 0.29) is 17.5 Å². The average molecular weight is 383 g/mol. The van der Waals surface area contributed by atoms with E-state index >= 15 is 0 Å². The Bertz CT molecular complexity index is 671. The Morgan fingerprint density at radius 3 is 2.32 bits per heavy atom. The Hall–Kier alpha value is -1.39. The number of esters is 1. The second kappa shape index (κ2) is 7.79. The van der Waals surface area contributed by atoms with Crippen molar-refractivity contribution in [3.63, 3.8) is 0 Å². The molecule has 4 fully saturated rings. The van der Waals surface area contributed by atoms with Gasteiger partial charge in [0.2, 0.25) is 0 Å². The number of fused-ring (bicyclic) bond motifs is 1. The van der Waals surface area contributed by atoms with Crippen LogP contribution >= 0.6 is 0 Å². The van der Waals surface area contributed by atoms with Crippen LogP contribution in [0, 0.1) is 17.3 Å². The van der Waals surface area contributed by atoms with Crippen molar-refractivity contribution >= 4 is 5.97 Å². The standard InChI is InChI=1S/C24H34N2O2/c27-23-24(10-5-2-6-11-24)13-22(28-23)9-12-25-15-20-17-26(18-21(20)16-25)14-19-7-3-1-4-8-19/h1,3-4,7-8,20-22H,2,5-6,9-18H2. The fourth-order valence-corrected chi connectivity index (χ4v) is 6.30. The van der Waals surface area contributed by atoms with Crippen molar-refractivity contribution < 1.29 is 9.53 Å². The number of ether oxygens (including phenoxy) is 1. The zero-order valence-electron chi connectivity index (χ0n) is 17.0. The van der Waals surface area contributed by atoms with Crippen LogP contribution in [0.1, 0.15) is 50.5 Å². The molecule has 5 rings (SSSR count). The fourth-order valence-electron chi connectivity index (χ4n) is 6.30. The minimum Gasteiger partial charge on any atom is -0.462 e. The van der Waals surface area contributed by atoms with Crippen LogP contribution in [0.25, 0.3) is 0 Å². The molecular formula is C24H34N2O2. The van der Waals surface area contributed by atoms with Crippen LogP contribution in [0.5, 0.6) is 0 Å². The third kappa shape index (κ3) is 3.73. The van der Waals surface area contributed by atoms with Crippen LogP contribution in [0.3, 0.4) is 0 Å². The maximum absolute atomic E-state index is 12.5. The number of hydrogen-bond acceptors (Lipinski definition) is 4. The SMILES string of the molecule is O=C1OC(CCN2CC3CN(Cc4ccccc4)CC3C2)CC12CCCCC2. The molecule has 3 atom stereocenters. The van der Waals surface area contributed by atoms with E-state index < -0.39 is 0 Å². The molecule has 0 bridgehead atoms. The highest BCUT2D eigenvalue weighted by atomic mass is 16.6. The number of rotatable bonds is 5. The van der Waals surface area contributed by atoms with Crippen molar-refractivity contribution in [2.75, 3.05) is 32.7 Å². The monoisotopic (exact) mass is 382 g/mol. The highest BCUT2D eigenvalue weighted by Gasteiger charge is 2.49. The molecule has 0 radical (unpaired) electrons. The first-order valence-electron chi connectivity index (χ1n) is 11.4. The largest absolute Gasteiger partial charge is 0.462 e. The molecule has 1 spiro atoms. The Morgan fingerprint density at radius 1 is 0.929 bits per heavy atom. The topological polar surface area (TPSA) is 32.8 Å². The molecule has 152 valence electrons. The van der Waals surface area contributed by atoms with Gasteiger partial charge in [-0.15, -0.1) is 0 Å². The first kappa shape index (κ1) is 18.6. The maximum atomic E-state index is 12.5. The quantitative estimate of drug-likeness (QED) is 0.727. The lowest BCUT2D eigenvalue weighted by atomic mass is 9.72. The van der Waals surface area contributed by atoms with E-state index in [9.17, 15) is 4.79 Å². The summed E-state index contributed by atoms with van der Waals surface area (Å²) in [5.74, 6) is 1.76. The molecule has 3 unspecified atom stereocenters. The first-order valence-corrected chi connectivity index (χ1v) is 11.4. The molecule has 0 aromatic heterocycles. The van der Waals surface area contributed by atoms with Crippen LogP contribution in [-0.2, 0) is 16.1 Å². The van der Waals surface area contributed by atoms with Crippen LogP contribution in [-0.4, -0.2) is 54.6 Å².